The van der Waals surface area contributed by atoms with Gasteiger partial charge in [0.15, 0.2) is 0 Å². The molecule has 1 aliphatic carbocycles. The Kier molecular flexibility index (Phi) is 7.10. The molecule has 0 saturated heterocycles. The topological polar surface area (TPSA) is 86.9 Å². The third-order valence-corrected chi connectivity index (χ3v) is 4.28. The van der Waals surface area contributed by atoms with Crippen molar-refractivity contribution in [1.82, 2.24) is 20.8 Å². The van der Waals surface area contributed by atoms with Gasteiger partial charge in [0.2, 0.25) is 11.8 Å². The third kappa shape index (κ3) is 6.84. The van der Waals surface area contributed by atoms with E-state index in [1.54, 1.807) is 0 Å². The summed E-state index contributed by atoms with van der Waals surface area (Å²) in [7, 11) is 0. The summed E-state index contributed by atoms with van der Waals surface area (Å²) < 4.78 is 0. The van der Waals surface area contributed by atoms with E-state index >= 15 is 0 Å². The molecule has 0 bridgehead atoms. The first-order chi connectivity index (χ1) is 11.1. The van der Waals surface area contributed by atoms with Crippen LogP contribution in [-0.4, -0.2) is 28.1 Å². The number of amides is 2. The molecule has 1 heterocycles. The molecule has 2 amide bonds. The molecule has 6 heteroatoms. The molecule has 6 nitrogen and oxygen atoms in total. The molecule has 0 unspecified atom stereocenters. The number of aromatic amines is 1. The standard InChI is InChI=1S/C17H28N4O2/c1-13-11-15(21-20-13)12-18-16(22)9-10-17(23)19-14-7-5-3-2-4-6-8-14/h11,14H,2-10,12H2,1H3,(H,18,22)(H,19,23)(H,20,21). The molecule has 1 aromatic heterocycles. The molecule has 23 heavy (non-hydrogen) atoms. The predicted octanol–water partition coefficient (Wildman–Crippen LogP) is 2.34. The smallest absolute Gasteiger partial charge is 0.220 e. The van der Waals surface area contributed by atoms with E-state index in [2.05, 4.69) is 20.8 Å². The molecule has 0 atom stereocenters. The zero-order chi connectivity index (χ0) is 16.5. The number of hydrogen-bond acceptors (Lipinski definition) is 3. The van der Waals surface area contributed by atoms with E-state index in [0.717, 1.165) is 24.2 Å². The van der Waals surface area contributed by atoms with Gasteiger partial charge in [0.05, 0.1) is 12.2 Å². The Morgan fingerprint density at radius 1 is 1.13 bits per heavy atom. The second-order valence-corrected chi connectivity index (χ2v) is 6.43. The third-order valence-electron chi connectivity index (χ3n) is 4.28. The van der Waals surface area contributed by atoms with Crippen molar-refractivity contribution >= 4 is 11.8 Å². The van der Waals surface area contributed by atoms with Crippen LogP contribution < -0.4 is 10.6 Å². The Labute approximate surface area is 137 Å². The highest BCUT2D eigenvalue weighted by atomic mass is 16.2. The van der Waals surface area contributed by atoms with Gasteiger partial charge in [-0.2, -0.15) is 5.10 Å². The molecular weight excluding hydrogens is 292 g/mol. The molecule has 2 rings (SSSR count). The lowest BCUT2D eigenvalue weighted by Gasteiger charge is -2.21. The van der Waals surface area contributed by atoms with Crippen LogP contribution in [0.3, 0.4) is 0 Å². The summed E-state index contributed by atoms with van der Waals surface area (Å²) >= 11 is 0. The summed E-state index contributed by atoms with van der Waals surface area (Å²) in [4.78, 5) is 23.8. The van der Waals surface area contributed by atoms with E-state index < -0.39 is 0 Å². The number of nitrogens with zero attached hydrogens (tertiary/aromatic N) is 1. The van der Waals surface area contributed by atoms with Gasteiger partial charge in [0.25, 0.3) is 0 Å². The Hall–Kier alpha value is -1.85. The highest BCUT2D eigenvalue weighted by Gasteiger charge is 2.14. The molecule has 1 aromatic rings. The van der Waals surface area contributed by atoms with Crippen LogP contribution in [-0.2, 0) is 16.1 Å². The van der Waals surface area contributed by atoms with Crippen LogP contribution in [0, 0.1) is 6.92 Å². The number of H-pyrrole nitrogens is 1. The van der Waals surface area contributed by atoms with E-state index in [1.165, 1.54) is 32.1 Å². The van der Waals surface area contributed by atoms with Crippen molar-refractivity contribution in [1.29, 1.82) is 0 Å². The van der Waals surface area contributed by atoms with Crippen LogP contribution in [0.15, 0.2) is 6.07 Å². The van der Waals surface area contributed by atoms with E-state index in [9.17, 15) is 9.59 Å². The van der Waals surface area contributed by atoms with E-state index in [4.69, 9.17) is 0 Å². The van der Waals surface area contributed by atoms with Crippen LogP contribution in [0.2, 0.25) is 0 Å². The lowest BCUT2D eigenvalue weighted by molar-refractivity contribution is -0.127. The number of carbonyl (C=O) groups excluding carboxylic acids is 2. The number of aromatic nitrogens is 2. The van der Waals surface area contributed by atoms with E-state index in [1.807, 2.05) is 13.0 Å². The quantitative estimate of drug-likeness (QED) is 0.752. The highest BCUT2D eigenvalue weighted by Crippen LogP contribution is 2.17. The van der Waals surface area contributed by atoms with Crippen LogP contribution in [0.5, 0.6) is 0 Å². The van der Waals surface area contributed by atoms with Gasteiger partial charge >= 0.3 is 0 Å². The Balaban J connectivity index is 1.61. The molecule has 0 aromatic carbocycles. The molecule has 1 aliphatic rings. The molecule has 0 spiro atoms. The normalized spacial score (nSPS) is 16.4. The lowest BCUT2D eigenvalue weighted by Crippen LogP contribution is -2.36. The summed E-state index contributed by atoms with van der Waals surface area (Å²) in [6.45, 7) is 2.31. The largest absolute Gasteiger partial charge is 0.353 e. The Morgan fingerprint density at radius 2 is 1.78 bits per heavy atom. The number of hydrogen-bond donors (Lipinski definition) is 3. The first kappa shape index (κ1) is 17.5. The maximum absolute atomic E-state index is 12.0. The number of aryl methyl sites for hydroxylation is 1. The predicted molar refractivity (Wildman–Crippen MR) is 88.7 cm³/mol. The van der Waals surface area contributed by atoms with Gasteiger partial charge in [-0.3, -0.25) is 14.7 Å². The second kappa shape index (κ2) is 9.33. The van der Waals surface area contributed by atoms with Gasteiger partial charge < -0.3 is 10.6 Å². The fourth-order valence-electron chi connectivity index (χ4n) is 2.97. The lowest BCUT2D eigenvalue weighted by atomic mass is 9.96. The highest BCUT2D eigenvalue weighted by molar-refractivity contribution is 5.83. The van der Waals surface area contributed by atoms with Crippen molar-refractivity contribution < 1.29 is 9.59 Å². The van der Waals surface area contributed by atoms with Gasteiger partial charge in [-0.05, 0) is 25.8 Å². The average Bonchev–Trinajstić information content (AvgIpc) is 2.91. The minimum absolute atomic E-state index is 0.0127. The maximum Gasteiger partial charge on any atom is 0.220 e. The molecule has 1 saturated carbocycles. The van der Waals surface area contributed by atoms with Gasteiger partial charge in [-0.15, -0.1) is 0 Å². The van der Waals surface area contributed by atoms with Crippen molar-refractivity contribution in [3.63, 3.8) is 0 Å². The van der Waals surface area contributed by atoms with Gasteiger partial charge in [0.1, 0.15) is 0 Å². The molecule has 0 radical (unpaired) electrons. The minimum atomic E-state index is -0.113. The van der Waals surface area contributed by atoms with Gasteiger partial charge in [0, 0.05) is 24.6 Å². The average molecular weight is 320 g/mol. The number of rotatable bonds is 6. The second-order valence-electron chi connectivity index (χ2n) is 6.43. The summed E-state index contributed by atoms with van der Waals surface area (Å²) in [5.41, 5.74) is 1.77. The molecule has 0 aliphatic heterocycles. The van der Waals surface area contributed by atoms with E-state index in [-0.39, 0.29) is 30.7 Å². The van der Waals surface area contributed by atoms with Gasteiger partial charge in [-0.25, -0.2) is 0 Å². The van der Waals surface area contributed by atoms with Gasteiger partial charge in [-0.1, -0.05) is 32.1 Å². The van der Waals surface area contributed by atoms with Crippen LogP contribution in [0.4, 0.5) is 0 Å². The number of nitrogens with one attached hydrogen (secondary N) is 3. The summed E-state index contributed by atoms with van der Waals surface area (Å²) in [6.07, 6.45) is 8.83. The first-order valence-electron chi connectivity index (χ1n) is 8.70. The minimum Gasteiger partial charge on any atom is -0.353 e. The molecule has 1 fully saturated rings. The summed E-state index contributed by atoms with van der Waals surface area (Å²) in [5, 5.41) is 12.8. The fourth-order valence-corrected chi connectivity index (χ4v) is 2.97. The van der Waals surface area contributed by atoms with Crippen molar-refractivity contribution in [2.75, 3.05) is 0 Å². The van der Waals surface area contributed by atoms with E-state index in [0.29, 0.717) is 6.54 Å². The van der Waals surface area contributed by atoms with Crippen LogP contribution in [0.1, 0.15) is 69.2 Å². The van der Waals surface area contributed by atoms with Crippen molar-refractivity contribution in [2.45, 2.75) is 77.3 Å². The molecule has 128 valence electrons. The summed E-state index contributed by atoms with van der Waals surface area (Å²) in [6, 6.07) is 2.18. The van der Waals surface area contributed by atoms with Crippen molar-refractivity contribution in [2.24, 2.45) is 0 Å². The van der Waals surface area contributed by atoms with Crippen molar-refractivity contribution in [3.8, 4) is 0 Å². The van der Waals surface area contributed by atoms with Crippen LogP contribution in [0.25, 0.3) is 0 Å². The number of carbonyl (C=O) groups is 2. The fraction of sp³-hybridized carbons (Fsp3) is 0.706. The molecular formula is C17H28N4O2. The Morgan fingerprint density at radius 3 is 2.43 bits per heavy atom. The summed E-state index contributed by atoms with van der Waals surface area (Å²) in [5.74, 6) is -0.125. The first-order valence-corrected chi connectivity index (χ1v) is 8.70. The zero-order valence-corrected chi connectivity index (χ0v) is 14.0. The SMILES string of the molecule is Cc1cc(CNC(=O)CCC(=O)NC2CCCCCCC2)n[nH]1. The molecule has 3 N–H and O–H groups in total. The Bertz CT molecular complexity index is 504. The zero-order valence-electron chi connectivity index (χ0n) is 14.0. The monoisotopic (exact) mass is 320 g/mol. The maximum atomic E-state index is 12.0. The van der Waals surface area contributed by atoms with Crippen molar-refractivity contribution in [3.05, 3.63) is 17.5 Å². The van der Waals surface area contributed by atoms with Crippen LogP contribution >= 0.6 is 0 Å².